The molecule has 0 spiro atoms. The van der Waals surface area contributed by atoms with Gasteiger partial charge in [-0.05, 0) is 38.4 Å². The van der Waals surface area contributed by atoms with Gasteiger partial charge in [0.2, 0.25) is 5.89 Å². The number of nitrogens with one attached hydrogen (secondary N) is 1. The molecule has 100 valence electrons. The van der Waals surface area contributed by atoms with Crippen LogP contribution in [-0.2, 0) is 0 Å². The quantitative estimate of drug-likeness (QED) is 0.919. The highest BCUT2D eigenvalue weighted by molar-refractivity contribution is 5.66. The monoisotopic (exact) mass is 258 g/mol. The third kappa shape index (κ3) is 2.36. The van der Waals surface area contributed by atoms with Gasteiger partial charge in [-0.1, -0.05) is 11.6 Å². The summed E-state index contributed by atoms with van der Waals surface area (Å²) < 4.78 is 11.3. The molecule has 1 aromatic carbocycles. The van der Waals surface area contributed by atoms with E-state index in [2.05, 4.69) is 23.3 Å². The van der Waals surface area contributed by atoms with Gasteiger partial charge in [0.05, 0.1) is 24.9 Å². The first kappa shape index (κ1) is 12.2. The Morgan fingerprint density at radius 1 is 1.42 bits per heavy atom. The first-order valence-electron chi connectivity index (χ1n) is 6.62. The van der Waals surface area contributed by atoms with Crippen LogP contribution in [0.1, 0.15) is 30.3 Å². The lowest BCUT2D eigenvalue weighted by Crippen LogP contribution is -2.12. The normalized spacial score (nSPS) is 18.7. The molecule has 4 nitrogen and oxygen atoms in total. The molecule has 19 heavy (non-hydrogen) atoms. The molecule has 2 aromatic rings. The predicted molar refractivity (Wildman–Crippen MR) is 73.2 cm³/mol. The predicted octanol–water partition coefficient (Wildman–Crippen LogP) is 3.08. The summed E-state index contributed by atoms with van der Waals surface area (Å²) in [7, 11) is 1.67. The second-order valence-corrected chi connectivity index (χ2v) is 4.92. The number of rotatable bonds is 3. The SMILES string of the molecule is COc1ccc(C)cc1-c1cnc(C2CCCN2)o1. The second-order valence-electron chi connectivity index (χ2n) is 4.92. The van der Waals surface area contributed by atoms with Crippen LogP contribution in [0.5, 0.6) is 5.75 Å². The van der Waals surface area contributed by atoms with E-state index in [1.165, 1.54) is 12.0 Å². The Labute approximate surface area is 112 Å². The molecule has 2 heterocycles. The molecule has 0 radical (unpaired) electrons. The van der Waals surface area contributed by atoms with E-state index in [1.54, 1.807) is 13.3 Å². The summed E-state index contributed by atoms with van der Waals surface area (Å²) >= 11 is 0. The summed E-state index contributed by atoms with van der Waals surface area (Å²) in [6, 6.07) is 6.30. The number of oxazole rings is 1. The molecule has 1 aromatic heterocycles. The molecule has 1 fully saturated rings. The van der Waals surface area contributed by atoms with Crippen LogP contribution >= 0.6 is 0 Å². The zero-order chi connectivity index (χ0) is 13.2. The number of methoxy groups -OCH3 is 1. The maximum absolute atomic E-state index is 5.90. The zero-order valence-corrected chi connectivity index (χ0v) is 11.3. The van der Waals surface area contributed by atoms with Crippen molar-refractivity contribution >= 4 is 0 Å². The van der Waals surface area contributed by atoms with Gasteiger partial charge < -0.3 is 14.5 Å². The van der Waals surface area contributed by atoms with Gasteiger partial charge in [0.25, 0.3) is 0 Å². The van der Waals surface area contributed by atoms with E-state index in [4.69, 9.17) is 9.15 Å². The van der Waals surface area contributed by atoms with Gasteiger partial charge in [0.15, 0.2) is 5.76 Å². The highest BCUT2D eigenvalue weighted by Crippen LogP contribution is 2.33. The van der Waals surface area contributed by atoms with Crippen molar-refractivity contribution in [2.24, 2.45) is 0 Å². The van der Waals surface area contributed by atoms with E-state index in [0.717, 1.165) is 35.9 Å². The fourth-order valence-corrected chi connectivity index (χ4v) is 2.48. The van der Waals surface area contributed by atoms with Gasteiger partial charge in [-0.2, -0.15) is 0 Å². The standard InChI is InChI=1S/C15H18N2O2/c1-10-5-6-13(18-2)11(8-10)14-9-17-15(19-14)12-4-3-7-16-12/h5-6,8-9,12,16H,3-4,7H2,1-2H3. The largest absolute Gasteiger partial charge is 0.496 e. The number of benzene rings is 1. The molecule has 0 amide bonds. The minimum atomic E-state index is 0.254. The van der Waals surface area contributed by atoms with Crippen LogP contribution in [-0.4, -0.2) is 18.6 Å². The van der Waals surface area contributed by atoms with E-state index < -0.39 is 0 Å². The Kier molecular flexibility index (Phi) is 3.25. The molecule has 0 saturated carbocycles. The van der Waals surface area contributed by atoms with Crippen LogP contribution in [0.3, 0.4) is 0 Å². The Morgan fingerprint density at radius 2 is 2.32 bits per heavy atom. The Morgan fingerprint density at radius 3 is 3.05 bits per heavy atom. The van der Waals surface area contributed by atoms with Crippen LogP contribution < -0.4 is 10.1 Å². The summed E-state index contributed by atoms with van der Waals surface area (Å²) in [5, 5.41) is 3.39. The van der Waals surface area contributed by atoms with E-state index >= 15 is 0 Å². The van der Waals surface area contributed by atoms with Crippen molar-refractivity contribution in [2.75, 3.05) is 13.7 Å². The molecule has 1 atom stereocenters. The fourth-order valence-electron chi connectivity index (χ4n) is 2.48. The Hall–Kier alpha value is -1.81. The van der Waals surface area contributed by atoms with E-state index in [0.29, 0.717) is 0 Å². The molecular weight excluding hydrogens is 240 g/mol. The van der Waals surface area contributed by atoms with Crippen molar-refractivity contribution in [3.05, 3.63) is 35.9 Å². The number of hydrogen-bond donors (Lipinski definition) is 1. The summed E-state index contributed by atoms with van der Waals surface area (Å²) in [4.78, 5) is 4.39. The first-order valence-corrected chi connectivity index (χ1v) is 6.62. The number of aryl methyl sites for hydroxylation is 1. The maximum atomic E-state index is 5.90. The van der Waals surface area contributed by atoms with Crippen molar-refractivity contribution in [3.8, 4) is 17.1 Å². The molecule has 1 saturated heterocycles. The number of nitrogens with zero attached hydrogens (tertiary/aromatic N) is 1. The average molecular weight is 258 g/mol. The molecule has 0 bridgehead atoms. The van der Waals surface area contributed by atoms with Gasteiger partial charge in [0, 0.05) is 0 Å². The number of aromatic nitrogens is 1. The van der Waals surface area contributed by atoms with Crippen molar-refractivity contribution in [3.63, 3.8) is 0 Å². The summed E-state index contributed by atoms with van der Waals surface area (Å²) in [5.74, 6) is 2.35. The molecule has 0 aliphatic carbocycles. The first-order chi connectivity index (χ1) is 9.28. The van der Waals surface area contributed by atoms with Crippen molar-refractivity contribution in [2.45, 2.75) is 25.8 Å². The number of ether oxygens (including phenoxy) is 1. The molecule has 1 unspecified atom stereocenters. The van der Waals surface area contributed by atoms with Crippen LogP contribution in [0.25, 0.3) is 11.3 Å². The molecule has 1 aliphatic heterocycles. The number of hydrogen-bond acceptors (Lipinski definition) is 4. The minimum absolute atomic E-state index is 0.254. The van der Waals surface area contributed by atoms with Gasteiger partial charge in [-0.25, -0.2) is 4.98 Å². The van der Waals surface area contributed by atoms with E-state index in [1.807, 2.05) is 12.1 Å². The van der Waals surface area contributed by atoms with Gasteiger partial charge >= 0.3 is 0 Å². The lowest BCUT2D eigenvalue weighted by Gasteiger charge is -2.07. The second kappa shape index (κ2) is 5.05. The third-order valence-corrected chi connectivity index (χ3v) is 3.50. The van der Waals surface area contributed by atoms with Crippen LogP contribution in [0.4, 0.5) is 0 Å². The van der Waals surface area contributed by atoms with E-state index in [-0.39, 0.29) is 6.04 Å². The molecule has 4 heteroatoms. The average Bonchev–Trinajstić information content (AvgIpc) is 3.09. The topological polar surface area (TPSA) is 47.3 Å². The van der Waals surface area contributed by atoms with Crippen LogP contribution in [0.15, 0.2) is 28.8 Å². The molecule has 3 rings (SSSR count). The van der Waals surface area contributed by atoms with Crippen LogP contribution in [0, 0.1) is 6.92 Å². The Balaban J connectivity index is 1.95. The van der Waals surface area contributed by atoms with Crippen molar-refractivity contribution in [1.82, 2.24) is 10.3 Å². The van der Waals surface area contributed by atoms with E-state index in [9.17, 15) is 0 Å². The molecular formula is C15H18N2O2. The lowest BCUT2D eigenvalue weighted by molar-refractivity contribution is 0.410. The maximum Gasteiger partial charge on any atom is 0.212 e. The smallest absolute Gasteiger partial charge is 0.212 e. The van der Waals surface area contributed by atoms with Gasteiger partial charge in [-0.3, -0.25) is 0 Å². The summed E-state index contributed by atoms with van der Waals surface area (Å²) in [5.41, 5.74) is 2.13. The third-order valence-electron chi connectivity index (χ3n) is 3.50. The highest BCUT2D eigenvalue weighted by atomic mass is 16.5. The molecule has 1 aliphatic rings. The van der Waals surface area contributed by atoms with Crippen molar-refractivity contribution < 1.29 is 9.15 Å². The van der Waals surface area contributed by atoms with Crippen molar-refractivity contribution in [1.29, 1.82) is 0 Å². The zero-order valence-electron chi connectivity index (χ0n) is 11.3. The van der Waals surface area contributed by atoms with Gasteiger partial charge in [0.1, 0.15) is 5.75 Å². The van der Waals surface area contributed by atoms with Crippen LogP contribution in [0.2, 0.25) is 0 Å². The fraction of sp³-hybridized carbons (Fsp3) is 0.400. The summed E-state index contributed by atoms with van der Waals surface area (Å²) in [6.45, 7) is 3.09. The molecule has 1 N–H and O–H groups in total. The minimum Gasteiger partial charge on any atom is -0.496 e. The van der Waals surface area contributed by atoms with Gasteiger partial charge in [-0.15, -0.1) is 0 Å². The Bertz CT molecular complexity index is 571. The highest BCUT2D eigenvalue weighted by Gasteiger charge is 2.22. The lowest BCUT2D eigenvalue weighted by atomic mass is 10.1. The summed E-state index contributed by atoms with van der Waals surface area (Å²) in [6.07, 6.45) is 4.05.